The van der Waals surface area contributed by atoms with E-state index in [0.717, 1.165) is 4.88 Å². The van der Waals surface area contributed by atoms with E-state index < -0.39 is 0 Å². The lowest BCUT2D eigenvalue weighted by Gasteiger charge is -2.05. The summed E-state index contributed by atoms with van der Waals surface area (Å²) in [6.07, 6.45) is 0. The van der Waals surface area contributed by atoms with E-state index in [1.165, 1.54) is 17.8 Å². The van der Waals surface area contributed by atoms with E-state index in [2.05, 4.69) is 20.1 Å². The Kier molecular flexibility index (Phi) is 3.76. The SMILES string of the molecule is CC(Sc1nc(N)cc(N)n1)c1nc(-c2cccs2)no1. The number of rotatable bonds is 4. The van der Waals surface area contributed by atoms with Crippen LogP contribution < -0.4 is 11.5 Å². The number of nitrogens with zero attached hydrogens (tertiary/aromatic N) is 4. The lowest BCUT2D eigenvalue weighted by atomic mass is 10.4. The van der Waals surface area contributed by atoms with E-state index in [4.69, 9.17) is 16.0 Å². The number of nitrogens with two attached hydrogens (primary N) is 2. The summed E-state index contributed by atoms with van der Waals surface area (Å²) in [5.74, 6) is 1.76. The molecule has 7 nitrogen and oxygen atoms in total. The second-order valence-corrected chi connectivity index (χ2v) is 6.45. The average molecular weight is 320 g/mol. The molecule has 0 saturated carbocycles. The average Bonchev–Trinajstić information content (AvgIpc) is 3.09. The van der Waals surface area contributed by atoms with Gasteiger partial charge in [0.25, 0.3) is 0 Å². The normalized spacial score (nSPS) is 12.4. The Balaban J connectivity index is 1.77. The Morgan fingerprint density at radius 1 is 1.24 bits per heavy atom. The van der Waals surface area contributed by atoms with E-state index in [9.17, 15) is 0 Å². The molecule has 0 aromatic carbocycles. The van der Waals surface area contributed by atoms with Gasteiger partial charge in [0.2, 0.25) is 11.7 Å². The van der Waals surface area contributed by atoms with Crippen molar-refractivity contribution < 1.29 is 4.52 Å². The van der Waals surface area contributed by atoms with Gasteiger partial charge in [-0.05, 0) is 18.4 Å². The lowest BCUT2D eigenvalue weighted by Crippen LogP contribution is -2.00. The second kappa shape index (κ2) is 5.70. The molecular formula is C12H12N6OS2. The quantitative estimate of drug-likeness (QED) is 0.556. The predicted molar refractivity (Wildman–Crippen MR) is 82.7 cm³/mol. The third kappa shape index (κ3) is 3.14. The molecule has 108 valence electrons. The highest BCUT2D eigenvalue weighted by atomic mass is 32.2. The highest BCUT2D eigenvalue weighted by Gasteiger charge is 2.18. The van der Waals surface area contributed by atoms with Gasteiger partial charge in [0.1, 0.15) is 11.6 Å². The molecule has 0 aliphatic heterocycles. The zero-order chi connectivity index (χ0) is 14.8. The molecule has 21 heavy (non-hydrogen) atoms. The third-order valence-corrected chi connectivity index (χ3v) is 4.37. The zero-order valence-electron chi connectivity index (χ0n) is 11.1. The van der Waals surface area contributed by atoms with Crippen molar-refractivity contribution in [3.8, 4) is 10.7 Å². The van der Waals surface area contributed by atoms with Gasteiger partial charge >= 0.3 is 0 Å². The Bertz CT molecular complexity index is 722. The summed E-state index contributed by atoms with van der Waals surface area (Å²) in [7, 11) is 0. The number of thiophene rings is 1. The van der Waals surface area contributed by atoms with Crippen molar-refractivity contribution in [3.63, 3.8) is 0 Å². The number of aromatic nitrogens is 4. The molecule has 0 bridgehead atoms. The van der Waals surface area contributed by atoms with Crippen LogP contribution in [0.2, 0.25) is 0 Å². The molecule has 3 rings (SSSR count). The summed E-state index contributed by atoms with van der Waals surface area (Å²) in [6.45, 7) is 1.93. The molecule has 0 spiro atoms. The molecular weight excluding hydrogens is 308 g/mol. The van der Waals surface area contributed by atoms with Gasteiger partial charge in [-0.15, -0.1) is 11.3 Å². The lowest BCUT2D eigenvalue weighted by molar-refractivity contribution is 0.381. The van der Waals surface area contributed by atoms with Crippen molar-refractivity contribution in [2.24, 2.45) is 0 Å². The van der Waals surface area contributed by atoms with E-state index in [-0.39, 0.29) is 5.25 Å². The van der Waals surface area contributed by atoms with Crippen LogP contribution in [0.15, 0.2) is 33.3 Å². The maximum absolute atomic E-state index is 5.65. The van der Waals surface area contributed by atoms with Gasteiger partial charge in [-0.2, -0.15) is 4.98 Å². The largest absolute Gasteiger partial charge is 0.383 e. The first-order chi connectivity index (χ1) is 10.1. The van der Waals surface area contributed by atoms with E-state index in [1.54, 1.807) is 11.3 Å². The Morgan fingerprint density at radius 2 is 2.00 bits per heavy atom. The van der Waals surface area contributed by atoms with Crippen molar-refractivity contribution in [2.45, 2.75) is 17.3 Å². The monoisotopic (exact) mass is 320 g/mol. The van der Waals surface area contributed by atoms with E-state index in [0.29, 0.717) is 28.5 Å². The van der Waals surface area contributed by atoms with Gasteiger partial charge in [0.15, 0.2) is 5.16 Å². The first kappa shape index (κ1) is 13.8. The van der Waals surface area contributed by atoms with Crippen LogP contribution in [-0.2, 0) is 0 Å². The maximum Gasteiger partial charge on any atom is 0.240 e. The molecule has 0 fully saturated rings. The first-order valence-corrected chi connectivity index (χ1v) is 7.82. The van der Waals surface area contributed by atoms with E-state index >= 15 is 0 Å². The number of hydrogen-bond donors (Lipinski definition) is 2. The number of hydrogen-bond acceptors (Lipinski definition) is 9. The second-order valence-electron chi connectivity index (χ2n) is 4.19. The molecule has 0 saturated heterocycles. The van der Waals surface area contributed by atoms with Crippen molar-refractivity contribution in [1.29, 1.82) is 0 Å². The fraction of sp³-hybridized carbons (Fsp3) is 0.167. The molecule has 3 heterocycles. The molecule has 3 aromatic rings. The highest BCUT2D eigenvalue weighted by Crippen LogP contribution is 2.33. The molecule has 4 N–H and O–H groups in total. The minimum absolute atomic E-state index is 0.104. The zero-order valence-corrected chi connectivity index (χ0v) is 12.7. The van der Waals surface area contributed by atoms with Gasteiger partial charge in [0, 0.05) is 6.07 Å². The van der Waals surface area contributed by atoms with Crippen molar-refractivity contribution in [2.75, 3.05) is 11.5 Å². The number of thioether (sulfide) groups is 1. The molecule has 1 atom stereocenters. The Labute approximate surface area is 128 Å². The predicted octanol–water partition coefficient (Wildman–Crippen LogP) is 2.61. The Hall–Kier alpha value is -2.13. The fourth-order valence-electron chi connectivity index (χ4n) is 1.63. The summed E-state index contributed by atoms with van der Waals surface area (Å²) < 4.78 is 5.29. The molecule has 3 aromatic heterocycles. The van der Waals surface area contributed by atoms with Gasteiger partial charge < -0.3 is 16.0 Å². The molecule has 9 heteroatoms. The van der Waals surface area contributed by atoms with Gasteiger partial charge in [-0.1, -0.05) is 23.0 Å². The maximum atomic E-state index is 5.65. The van der Waals surface area contributed by atoms with E-state index in [1.807, 2.05) is 24.4 Å². The van der Waals surface area contributed by atoms with Crippen LogP contribution >= 0.6 is 23.1 Å². The highest BCUT2D eigenvalue weighted by molar-refractivity contribution is 7.99. The molecule has 1 unspecified atom stereocenters. The van der Waals surface area contributed by atoms with Crippen molar-refractivity contribution in [3.05, 3.63) is 29.5 Å². The standard InChI is InChI=1S/C12H12N6OS2/c1-6(21-12-15-8(13)5-9(14)16-12)11-17-10(18-19-11)7-3-2-4-20-7/h2-6H,1H3,(H4,13,14,15,16). The van der Waals surface area contributed by atoms with Crippen LogP contribution in [0.25, 0.3) is 10.7 Å². The van der Waals surface area contributed by atoms with Crippen molar-refractivity contribution in [1.82, 2.24) is 20.1 Å². The van der Waals surface area contributed by atoms with Gasteiger partial charge in [-0.3, -0.25) is 0 Å². The molecule has 0 aliphatic carbocycles. The topological polar surface area (TPSA) is 117 Å². The van der Waals surface area contributed by atoms with Crippen LogP contribution in [0.1, 0.15) is 18.1 Å². The minimum atomic E-state index is -0.104. The van der Waals surface area contributed by atoms with Crippen LogP contribution in [0, 0.1) is 0 Å². The summed E-state index contributed by atoms with van der Waals surface area (Å²) in [6, 6.07) is 5.40. The fourth-order valence-corrected chi connectivity index (χ4v) is 3.11. The third-order valence-electron chi connectivity index (χ3n) is 2.56. The molecule has 0 radical (unpaired) electrons. The number of nitrogen functional groups attached to an aromatic ring is 2. The summed E-state index contributed by atoms with van der Waals surface area (Å²) in [5.41, 5.74) is 11.3. The van der Waals surface area contributed by atoms with Gasteiger partial charge in [-0.25, -0.2) is 9.97 Å². The Morgan fingerprint density at radius 3 is 2.67 bits per heavy atom. The van der Waals surface area contributed by atoms with Crippen LogP contribution in [0.5, 0.6) is 0 Å². The molecule has 0 amide bonds. The molecule has 0 aliphatic rings. The minimum Gasteiger partial charge on any atom is -0.383 e. The summed E-state index contributed by atoms with van der Waals surface area (Å²) in [4.78, 5) is 13.6. The van der Waals surface area contributed by atoms with Gasteiger partial charge in [0.05, 0.1) is 10.1 Å². The smallest absolute Gasteiger partial charge is 0.240 e. The summed E-state index contributed by atoms with van der Waals surface area (Å²) in [5, 5.41) is 6.32. The van der Waals surface area contributed by atoms with Crippen LogP contribution in [0.3, 0.4) is 0 Å². The number of anilines is 2. The van der Waals surface area contributed by atoms with Crippen LogP contribution in [0.4, 0.5) is 11.6 Å². The van der Waals surface area contributed by atoms with Crippen LogP contribution in [-0.4, -0.2) is 20.1 Å². The summed E-state index contributed by atoms with van der Waals surface area (Å²) >= 11 is 2.92. The first-order valence-electron chi connectivity index (χ1n) is 6.06. The van der Waals surface area contributed by atoms with Crippen molar-refractivity contribution >= 4 is 34.7 Å².